The minimum atomic E-state index is -0.340. The molecule has 2 amide bonds. The number of aromatic amines is 1. The Balaban J connectivity index is 1.72. The van der Waals surface area contributed by atoms with Gasteiger partial charge in [0.15, 0.2) is 0 Å². The van der Waals surface area contributed by atoms with Crippen molar-refractivity contribution in [3.63, 3.8) is 0 Å². The Morgan fingerprint density at radius 2 is 2.05 bits per heavy atom. The second-order valence-corrected chi connectivity index (χ2v) is 4.91. The molecular weight excluding hydrogens is 258 g/mol. The zero-order valence-electron chi connectivity index (χ0n) is 11.8. The van der Waals surface area contributed by atoms with Gasteiger partial charge in [0.25, 0.3) is 5.91 Å². The molecule has 20 heavy (non-hydrogen) atoms. The van der Waals surface area contributed by atoms with E-state index in [1.54, 1.807) is 0 Å². The highest BCUT2D eigenvalue weighted by Crippen LogP contribution is 2.09. The van der Waals surface area contributed by atoms with Crippen molar-refractivity contribution in [2.24, 2.45) is 0 Å². The van der Waals surface area contributed by atoms with E-state index in [2.05, 4.69) is 20.5 Å². The summed E-state index contributed by atoms with van der Waals surface area (Å²) in [5.41, 5.74) is 0. The predicted octanol–water partition coefficient (Wildman–Crippen LogP) is 0.500. The summed E-state index contributed by atoms with van der Waals surface area (Å²) in [4.78, 5) is 29.6. The lowest BCUT2D eigenvalue weighted by atomic mass is 10.1. The summed E-state index contributed by atoms with van der Waals surface area (Å²) in [6, 6.07) is 0. The molecule has 7 nitrogen and oxygen atoms in total. The molecule has 0 bridgehead atoms. The van der Waals surface area contributed by atoms with Gasteiger partial charge in [-0.25, -0.2) is 4.98 Å². The number of H-pyrrole nitrogens is 1. The third-order valence-corrected chi connectivity index (χ3v) is 3.40. The van der Waals surface area contributed by atoms with Gasteiger partial charge in [0.1, 0.15) is 5.82 Å². The van der Waals surface area contributed by atoms with E-state index >= 15 is 0 Å². The van der Waals surface area contributed by atoms with Crippen LogP contribution in [0.3, 0.4) is 0 Å². The SMILES string of the molecule is CCc1nc(C(=O)NCCC(=O)N2CCCCC2)n[nH]1. The number of aromatic nitrogens is 3. The average molecular weight is 279 g/mol. The topological polar surface area (TPSA) is 91.0 Å². The number of piperidine rings is 1. The minimum absolute atomic E-state index is 0.106. The van der Waals surface area contributed by atoms with E-state index in [-0.39, 0.29) is 17.6 Å². The first kappa shape index (κ1) is 14.5. The number of carbonyl (C=O) groups is 2. The molecule has 1 fully saturated rings. The number of carbonyl (C=O) groups excluding carboxylic acids is 2. The maximum absolute atomic E-state index is 11.9. The second kappa shape index (κ2) is 7.02. The molecule has 1 aromatic rings. The molecular formula is C13H21N5O2. The van der Waals surface area contributed by atoms with E-state index in [0.29, 0.717) is 25.2 Å². The summed E-state index contributed by atoms with van der Waals surface area (Å²) in [5.74, 6) is 0.577. The van der Waals surface area contributed by atoms with E-state index in [1.165, 1.54) is 6.42 Å². The van der Waals surface area contributed by atoms with Crippen LogP contribution in [0, 0.1) is 0 Å². The van der Waals surface area contributed by atoms with Crippen LogP contribution >= 0.6 is 0 Å². The van der Waals surface area contributed by atoms with Crippen LogP contribution in [0.5, 0.6) is 0 Å². The number of likely N-dealkylation sites (tertiary alicyclic amines) is 1. The van der Waals surface area contributed by atoms with Gasteiger partial charge >= 0.3 is 0 Å². The molecule has 0 aromatic carbocycles. The van der Waals surface area contributed by atoms with E-state index < -0.39 is 0 Å². The molecule has 2 heterocycles. The Morgan fingerprint density at radius 3 is 2.70 bits per heavy atom. The zero-order chi connectivity index (χ0) is 14.4. The van der Waals surface area contributed by atoms with Crippen LogP contribution in [0.4, 0.5) is 0 Å². The van der Waals surface area contributed by atoms with Crippen molar-refractivity contribution in [1.82, 2.24) is 25.4 Å². The van der Waals surface area contributed by atoms with Crippen molar-refractivity contribution in [2.45, 2.75) is 39.0 Å². The third kappa shape index (κ3) is 3.79. The smallest absolute Gasteiger partial charge is 0.290 e. The van der Waals surface area contributed by atoms with Gasteiger partial charge in [0.2, 0.25) is 11.7 Å². The van der Waals surface area contributed by atoms with Gasteiger partial charge in [0, 0.05) is 32.5 Å². The van der Waals surface area contributed by atoms with Gasteiger partial charge in [-0.3, -0.25) is 14.7 Å². The summed E-state index contributed by atoms with van der Waals surface area (Å²) in [7, 11) is 0. The Kier molecular flexibility index (Phi) is 5.09. The molecule has 0 spiro atoms. The summed E-state index contributed by atoms with van der Waals surface area (Å²) in [6.07, 6.45) is 4.39. The first-order valence-corrected chi connectivity index (χ1v) is 7.18. The summed E-state index contributed by atoms with van der Waals surface area (Å²) >= 11 is 0. The maximum Gasteiger partial charge on any atom is 0.290 e. The summed E-state index contributed by atoms with van der Waals surface area (Å²) in [5, 5.41) is 9.20. The fourth-order valence-corrected chi connectivity index (χ4v) is 2.22. The van der Waals surface area contributed by atoms with Crippen LogP contribution in [-0.2, 0) is 11.2 Å². The average Bonchev–Trinajstić information content (AvgIpc) is 2.97. The van der Waals surface area contributed by atoms with Crippen molar-refractivity contribution in [3.05, 3.63) is 11.6 Å². The monoisotopic (exact) mass is 279 g/mol. The lowest BCUT2D eigenvalue weighted by molar-refractivity contribution is -0.131. The Labute approximate surface area is 118 Å². The molecule has 0 aliphatic carbocycles. The molecule has 0 atom stereocenters. The first-order chi connectivity index (χ1) is 9.70. The third-order valence-electron chi connectivity index (χ3n) is 3.40. The van der Waals surface area contributed by atoms with Gasteiger partial charge < -0.3 is 10.2 Å². The number of nitrogens with one attached hydrogen (secondary N) is 2. The molecule has 1 saturated heterocycles. The molecule has 2 rings (SSSR count). The number of hydrogen-bond acceptors (Lipinski definition) is 4. The lowest BCUT2D eigenvalue weighted by Gasteiger charge is -2.26. The zero-order valence-corrected chi connectivity index (χ0v) is 11.8. The molecule has 0 radical (unpaired) electrons. The van der Waals surface area contributed by atoms with Crippen LogP contribution < -0.4 is 5.32 Å². The first-order valence-electron chi connectivity index (χ1n) is 7.18. The Hall–Kier alpha value is -1.92. The number of nitrogens with zero attached hydrogens (tertiary/aromatic N) is 3. The van der Waals surface area contributed by atoms with Gasteiger partial charge in [-0.1, -0.05) is 6.92 Å². The molecule has 0 unspecified atom stereocenters. The molecule has 1 aromatic heterocycles. The molecule has 110 valence electrons. The Morgan fingerprint density at radius 1 is 1.30 bits per heavy atom. The molecule has 0 saturated carbocycles. The highest BCUT2D eigenvalue weighted by atomic mass is 16.2. The van der Waals surface area contributed by atoms with Crippen LogP contribution in [0.25, 0.3) is 0 Å². The second-order valence-electron chi connectivity index (χ2n) is 4.91. The van der Waals surface area contributed by atoms with E-state index in [0.717, 1.165) is 25.9 Å². The predicted molar refractivity (Wildman–Crippen MR) is 73.1 cm³/mol. The number of hydrogen-bond donors (Lipinski definition) is 2. The van der Waals surface area contributed by atoms with Crippen LogP contribution in [-0.4, -0.2) is 51.5 Å². The van der Waals surface area contributed by atoms with E-state index in [1.807, 2.05) is 11.8 Å². The fourth-order valence-electron chi connectivity index (χ4n) is 2.22. The number of rotatable bonds is 5. The highest BCUT2D eigenvalue weighted by molar-refractivity contribution is 5.90. The number of aryl methyl sites for hydroxylation is 1. The Bertz CT molecular complexity index is 465. The summed E-state index contributed by atoms with van der Waals surface area (Å²) in [6.45, 7) is 3.94. The van der Waals surface area contributed by atoms with Gasteiger partial charge in [0.05, 0.1) is 0 Å². The van der Waals surface area contributed by atoms with Crippen LogP contribution in [0.1, 0.15) is 49.1 Å². The van der Waals surface area contributed by atoms with Gasteiger partial charge in [-0.05, 0) is 19.3 Å². The highest BCUT2D eigenvalue weighted by Gasteiger charge is 2.17. The molecule has 1 aliphatic heterocycles. The van der Waals surface area contributed by atoms with Crippen molar-refractivity contribution in [1.29, 1.82) is 0 Å². The van der Waals surface area contributed by atoms with Crippen molar-refractivity contribution in [3.8, 4) is 0 Å². The molecule has 7 heteroatoms. The molecule has 2 N–H and O–H groups in total. The van der Waals surface area contributed by atoms with E-state index in [4.69, 9.17) is 0 Å². The van der Waals surface area contributed by atoms with Crippen molar-refractivity contribution in [2.75, 3.05) is 19.6 Å². The van der Waals surface area contributed by atoms with E-state index in [9.17, 15) is 9.59 Å². The quantitative estimate of drug-likeness (QED) is 0.821. The summed E-state index contributed by atoms with van der Waals surface area (Å²) < 4.78 is 0. The minimum Gasteiger partial charge on any atom is -0.349 e. The molecule has 1 aliphatic rings. The van der Waals surface area contributed by atoms with Crippen molar-refractivity contribution >= 4 is 11.8 Å². The van der Waals surface area contributed by atoms with Crippen LogP contribution in [0.15, 0.2) is 0 Å². The maximum atomic E-state index is 11.9. The van der Waals surface area contributed by atoms with Gasteiger partial charge in [-0.2, -0.15) is 0 Å². The van der Waals surface area contributed by atoms with Crippen LogP contribution in [0.2, 0.25) is 0 Å². The van der Waals surface area contributed by atoms with Gasteiger partial charge in [-0.15, -0.1) is 5.10 Å². The number of amides is 2. The standard InChI is InChI=1S/C13H21N5O2/c1-2-10-15-12(17-16-10)13(20)14-7-6-11(19)18-8-4-3-5-9-18/h2-9H2,1H3,(H,14,20)(H,15,16,17). The normalized spacial score (nSPS) is 15.2. The fraction of sp³-hybridized carbons (Fsp3) is 0.692. The largest absolute Gasteiger partial charge is 0.349 e. The lowest BCUT2D eigenvalue weighted by Crippen LogP contribution is -2.37. The van der Waals surface area contributed by atoms with Crippen molar-refractivity contribution < 1.29 is 9.59 Å².